The normalized spacial score (nSPS) is 23.5. The Morgan fingerprint density at radius 1 is 1.02 bits per heavy atom. The number of carbonyl (C=O) groups is 3. The molecule has 11 heteroatoms. The number of aliphatic hydroxyl groups is 2. The van der Waals surface area contributed by atoms with E-state index in [1.807, 2.05) is 47.4 Å². The number of anilines is 3. The first-order valence-electron chi connectivity index (χ1n) is 18.0. The minimum atomic E-state index is -1.90. The van der Waals surface area contributed by atoms with Crippen molar-refractivity contribution in [2.75, 3.05) is 54.7 Å². The van der Waals surface area contributed by atoms with Gasteiger partial charge in [0.05, 0.1) is 38.7 Å². The van der Waals surface area contributed by atoms with E-state index in [1.54, 1.807) is 54.2 Å². The van der Waals surface area contributed by atoms with E-state index in [1.165, 1.54) is 0 Å². The summed E-state index contributed by atoms with van der Waals surface area (Å²) in [4.78, 5) is 48.9. The van der Waals surface area contributed by atoms with Gasteiger partial charge in [0.2, 0.25) is 5.91 Å². The molecular weight excluding hydrogens is 646 g/mol. The Morgan fingerprint density at radius 2 is 1.78 bits per heavy atom. The van der Waals surface area contributed by atoms with Crippen molar-refractivity contribution in [1.29, 1.82) is 0 Å². The van der Waals surface area contributed by atoms with Crippen LogP contribution >= 0.6 is 0 Å². The highest BCUT2D eigenvalue weighted by Gasteiger charge is 2.54. The molecule has 3 amide bonds. The van der Waals surface area contributed by atoms with E-state index in [0.29, 0.717) is 43.1 Å². The Balaban J connectivity index is 1.14. The zero-order valence-corrected chi connectivity index (χ0v) is 29.3. The monoisotopic (exact) mass is 693 g/mol. The first kappa shape index (κ1) is 34.7. The maximum absolute atomic E-state index is 14.3. The molecule has 0 aliphatic carbocycles. The van der Waals surface area contributed by atoms with Gasteiger partial charge in [-0.25, -0.2) is 0 Å². The predicted molar refractivity (Wildman–Crippen MR) is 195 cm³/mol. The van der Waals surface area contributed by atoms with Crippen molar-refractivity contribution in [3.8, 4) is 5.75 Å². The van der Waals surface area contributed by atoms with Crippen LogP contribution in [0.25, 0.3) is 0 Å². The van der Waals surface area contributed by atoms with Crippen molar-refractivity contribution in [2.24, 2.45) is 5.92 Å². The molecule has 3 aromatic rings. The van der Waals surface area contributed by atoms with Crippen LogP contribution in [0.4, 0.5) is 17.1 Å². The molecule has 4 aliphatic rings. The van der Waals surface area contributed by atoms with Gasteiger partial charge in [0.1, 0.15) is 11.3 Å². The lowest BCUT2D eigenvalue weighted by atomic mass is 9.83. The fourth-order valence-electron chi connectivity index (χ4n) is 8.37. The standard InChI is InChI=1S/C40H47N5O6/c1-28(9-6-15-36(47)42-22-8-14-32(42)26-46)40(50)34-24-33(51-2)16-17-35(34)43(38(40)49)25-29-10-7-13-31(23-29)44-27-45(30-11-4-3-5-12-30)39(37(44)48)18-20-41-21-19-39/h3-7,9-13,16-17,23-24,28,32,41,46,50H,8,14-15,18-22,25-27H2,1-2H3/b9-6+/t28-,32+,40+/m1/s1. The lowest BCUT2D eigenvalue weighted by Gasteiger charge is -2.39. The number of benzene rings is 3. The number of hydrogen-bond donors (Lipinski definition) is 3. The lowest BCUT2D eigenvalue weighted by molar-refractivity contribution is -0.139. The molecule has 4 heterocycles. The number of fused-ring (bicyclic) bond motifs is 1. The fourth-order valence-corrected chi connectivity index (χ4v) is 8.37. The number of carbonyl (C=O) groups excluding carboxylic acids is 3. The molecule has 3 atom stereocenters. The number of hydrogen-bond acceptors (Lipinski definition) is 8. The third-order valence-corrected chi connectivity index (χ3v) is 11.3. The van der Waals surface area contributed by atoms with Gasteiger partial charge in [-0.05, 0) is 86.8 Å². The molecular formula is C40H47N5O6. The summed E-state index contributed by atoms with van der Waals surface area (Å²) in [7, 11) is 1.54. The summed E-state index contributed by atoms with van der Waals surface area (Å²) in [5, 5.41) is 25.3. The van der Waals surface area contributed by atoms with Gasteiger partial charge in [-0.2, -0.15) is 0 Å². The average Bonchev–Trinajstić information content (AvgIpc) is 3.82. The number of methoxy groups -OCH3 is 1. The van der Waals surface area contributed by atoms with Crippen molar-refractivity contribution in [2.45, 2.75) is 62.8 Å². The van der Waals surface area contributed by atoms with Gasteiger partial charge in [-0.1, -0.05) is 49.4 Å². The summed E-state index contributed by atoms with van der Waals surface area (Å²) in [5.74, 6) is -0.635. The average molecular weight is 694 g/mol. The Morgan fingerprint density at radius 3 is 2.53 bits per heavy atom. The number of aliphatic hydroxyl groups excluding tert-OH is 1. The second kappa shape index (κ2) is 14.1. The Labute approximate surface area is 299 Å². The van der Waals surface area contributed by atoms with Crippen LogP contribution in [0.5, 0.6) is 5.75 Å². The molecule has 0 saturated carbocycles. The van der Waals surface area contributed by atoms with Crippen LogP contribution in [0.3, 0.4) is 0 Å². The quantitative estimate of drug-likeness (QED) is 0.273. The van der Waals surface area contributed by atoms with Crippen molar-refractivity contribution < 1.29 is 29.3 Å². The fraction of sp³-hybridized carbons (Fsp3) is 0.425. The van der Waals surface area contributed by atoms with E-state index in [9.17, 15) is 24.6 Å². The van der Waals surface area contributed by atoms with Crippen LogP contribution in [0.1, 0.15) is 50.2 Å². The summed E-state index contributed by atoms with van der Waals surface area (Å²) in [6.07, 6.45) is 6.61. The first-order valence-corrected chi connectivity index (χ1v) is 18.0. The zero-order valence-electron chi connectivity index (χ0n) is 29.3. The van der Waals surface area contributed by atoms with Gasteiger partial charge in [0.25, 0.3) is 11.8 Å². The van der Waals surface area contributed by atoms with Gasteiger partial charge in [0, 0.05) is 35.8 Å². The lowest BCUT2D eigenvalue weighted by Crippen LogP contribution is -2.55. The molecule has 51 heavy (non-hydrogen) atoms. The molecule has 3 saturated heterocycles. The van der Waals surface area contributed by atoms with E-state index < -0.39 is 23.0 Å². The topological polar surface area (TPSA) is 126 Å². The largest absolute Gasteiger partial charge is 0.497 e. The minimum Gasteiger partial charge on any atom is -0.497 e. The van der Waals surface area contributed by atoms with Gasteiger partial charge in [-0.15, -0.1) is 0 Å². The highest BCUT2D eigenvalue weighted by molar-refractivity contribution is 6.08. The highest BCUT2D eigenvalue weighted by atomic mass is 16.5. The molecule has 11 nitrogen and oxygen atoms in total. The SMILES string of the molecule is COc1ccc2c(c1)[C@@](O)([C@H](C)/C=C/CC(=O)N1CCC[C@H]1CO)C(=O)N2Cc1cccc(N2CN(c3ccccc3)C3(CCNCC3)C2=O)c1. The van der Waals surface area contributed by atoms with Crippen molar-refractivity contribution >= 4 is 34.8 Å². The van der Waals surface area contributed by atoms with Crippen molar-refractivity contribution in [3.63, 3.8) is 0 Å². The Bertz CT molecular complexity index is 1810. The number of nitrogens with zero attached hydrogens (tertiary/aromatic N) is 4. The number of rotatable bonds is 10. The second-order valence-electron chi connectivity index (χ2n) is 14.1. The molecule has 3 fully saturated rings. The molecule has 0 unspecified atom stereocenters. The van der Waals surface area contributed by atoms with Crippen LogP contribution in [0, 0.1) is 5.92 Å². The second-order valence-corrected chi connectivity index (χ2v) is 14.1. The molecule has 3 N–H and O–H groups in total. The number of ether oxygens (including phenoxy) is 1. The van der Waals surface area contributed by atoms with E-state index in [0.717, 1.165) is 42.9 Å². The van der Waals surface area contributed by atoms with Gasteiger partial charge in [0.15, 0.2) is 5.60 Å². The van der Waals surface area contributed by atoms with Crippen molar-refractivity contribution in [1.82, 2.24) is 10.2 Å². The Kier molecular flexibility index (Phi) is 9.62. The van der Waals surface area contributed by atoms with Crippen LogP contribution in [-0.2, 0) is 26.5 Å². The Hall–Kier alpha value is -4.71. The van der Waals surface area contributed by atoms with E-state index in [-0.39, 0.29) is 37.4 Å². The number of amides is 3. The van der Waals surface area contributed by atoms with Crippen LogP contribution in [0.15, 0.2) is 84.9 Å². The molecule has 1 spiro atoms. The summed E-state index contributed by atoms with van der Waals surface area (Å²) in [6, 6.07) is 22.9. The number of piperidine rings is 1. The van der Waals surface area contributed by atoms with Crippen LogP contribution in [0.2, 0.25) is 0 Å². The van der Waals surface area contributed by atoms with E-state index in [4.69, 9.17) is 4.74 Å². The summed E-state index contributed by atoms with van der Waals surface area (Å²) >= 11 is 0. The molecule has 7 rings (SSSR count). The summed E-state index contributed by atoms with van der Waals surface area (Å²) < 4.78 is 5.49. The van der Waals surface area contributed by atoms with Gasteiger partial charge >= 0.3 is 0 Å². The summed E-state index contributed by atoms with van der Waals surface area (Å²) in [5.41, 5.74) is 1.07. The van der Waals surface area contributed by atoms with E-state index >= 15 is 0 Å². The van der Waals surface area contributed by atoms with Crippen LogP contribution < -0.4 is 24.8 Å². The first-order chi connectivity index (χ1) is 24.7. The highest BCUT2D eigenvalue weighted by Crippen LogP contribution is 2.47. The van der Waals surface area contributed by atoms with Gasteiger partial charge in [-0.3, -0.25) is 19.3 Å². The summed E-state index contributed by atoms with van der Waals surface area (Å²) in [6.45, 7) is 4.46. The molecule has 0 radical (unpaired) electrons. The van der Waals surface area contributed by atoms with Gasteiger partial charge < -0.3 is 35.0 Å². The smallest absolute Gasteiger partial charge is 0.264 e. The molecule has 268 valence electrons. The number of para-hydroxylation sites is 1. The van der Waals surface area contributed by atoms with Crippen molar-refractivity contribution in [3.05, 3.63) is 96.1 Å². The third kappa shape index (κ3) is 6.07. The maximum atomic E-state index is 14.3. The number of nitrogens with one attached hydrogen (secondary N) is 1. The third-order valence-electron chi connectivity index (χ3n) is 11.3. The molecule has 4 aliphatic heterocycles. The maximum Gasteiger partial charge on any atom is 0.264 e. The van der Waals surface area contributed by atoms with E-state index in [2.05, 4.69) is 22.3 Å². The predicted octanol–water partition coefficient (Wildman–Crippen LogP) is 3.93. The number of likely N-dealkylation sites (tertiary alicyclic amines) is 1. The molecule has 0 bridgehead atoms. The molecule has 3 aromatic carbocycles. The van der Waals surface area contributed by atoms with Crippen LogP contribution in [-0.4, -0.2) is 84.4 Å². The minimum absolute atomic E-state index is 0.0591. The zero-order chi connectivity index (χ0) is 35.8. The molecule has 0 aromatic heterocycles.